The Hall–Kier alpha value is -2.54. The van der Waals surface area contributed by atoms with Gasteiger partial charge in [-0.15, -0.1) is 10.2 Å². The first-order chi connectivity index (χ1) is 11.2. The molecule has 3 rings (SSSR count). The van der Waals surface area contributed by atoms with Gasteiger partial charge in [0.1, 0.15) is 12.3 Å². The standard InChI is InChI=1S/C16H13BrN4O2/c1-23-12-8-6-11(7-9-12)15(22)10-21-19-16(18-20-21)13-4-2-3-5-14(13)17/h2-9H,10H2,1H3. The van der Waals surface area contributed by atoms with Gasteiger partial charge in [0.05, 0.1) is 7.11 Å². The number of hydrogen-bond acceptors (Lipinski definition) is 5. The molecule has 7 heteroatoms. The second-order valence-corrected chi connectivity index (χ2v) is 5.63. The molecule has 0 unspecified atom stereocenters. The molecule has 1 heterocycles. The van der Waals surface area contributed by atoms with Crippen molar-refractivity contribution in [1.82, 2.24) is 20.2 Å². The first-order valence-corrected chi connectivity index (χ1v) is 7.66. The van der Waals surface area contributed by atoms with E-state index in [0.717, 1.165) is 10.0 Å². The average molecular weight is 373 g/mol. The van der Waals surface area contributed by atoms with Crippen molar-refractivity contribution < 1.29 is 9.53 Å². The Morgan fingerprint density at radius 2 is 1.91 bits per heavy atom. The van der Waals surface area contributed by atoms with Crippen LogP contribution in [0.25, 0.3) is 11.4 Å². The molecule has 0 N–H and O–H groups in total. The zero-order chi connectivity index (χ0) is 16.2. The fraction of sp³-hybridized carbons (Fsp3) is 0.125. The van der Waals surface area contributed by atoms with E-state index in [1.54, 1.807) is 31.4 Å². The monoisotopic (exact) mass is 372 g/mol. The van der Waals surface area contributed by atoms with Gasteiger partial charge in [-0.2, -0.15) is 4.80 Å². The maximum Gasteiger partial charge on any atom is 0.206 e. The molecule has 3 aromatic rings. The highest BCUT2D eigenvalue weighted by molar-refractivity contribution is 9.10. The minimum atomic E-state index is -0.0938. The number of carbonyl (C=O) groups excluding carboxylic acids is 1. The van der Waals surface area contributed by atoms with Crippen molar-refractivity contribution in [3.8, 4) is 17.1 Å². The molecule has 0 radical (unpaired) electrons. The lowest BCUT2D eigenvalue weighted by atomic mass is 10.1. The van der Waals surface area contributed by atoms with E-state index in [9.17, 15) is 4.79 Å². The summed E-state index contributed by atoms with van der Waals surface area (Å²) in [5.74, 6) is 1.08. The fourth-order valence-corrected chi connectivity index (χ4v) is 2.52. The zero-order valence-corrected chi connectivity index (χ0v) is 13.9. The molecular weight excluding hydrogens is 360 g/mol. The minimum absolute atomic E-state index is 0.0315. The largest absolute Gasteiger partial charge is 0.497 e. The Kier molecular flexibility index (Phi) is 4.47. The second kappa shape index (κ2) is 6.70. The first-order valence-electron chi connectivity index (χ1n) is 6.87. The maximum atomic E-state index is 12.2. The number of tetrazole rings is 1. The van der Waals surface area contributed by atoms with Gasteiger partial charge in [-0.05, 0) is 41.6 Å². The van der Waals surface area contributed by atoms with E-state index in [1.807, 2.05) is 24.3 Å². The fourth-order valence-electron chi connectivity index (χ4n) is 2.06. The van der Waals surface area contributed by atoms with Crippen LogP contribution < -0.4 is 4.74 Å². The van der Waals surface area contributed by atoms with Crippen LogP contribution in [0.15, 0.2) is 53.0 Å². The number of benzene rings is 2. The summed E-state index contributed by atoms with van der Waals surface area (Å²) in [6.45, 7) is 0.0315. The summed E-state index contributed by atoms with van der Waals surface area (Å²) in [5.41, 5.74) is 1.40. The summed E-state index contributed by atoms with van der Waals surface area (Å²) in [7, 11) is 1.58. The van der Waals surface area contributed by atoms with Crippen LogP contribution in [0.5, 0.6) is 5.75 Å². The highest BCUT2D eigenvalue weighted by Gasteiger charge is 2.12. The van der Waals surface area contributed by atoms with Crippen molar-refractivity contribution in [1.29, 1.82) is 0 Å². The van der Waals surface area contributed by atoms with E-state index in [4.69, 9.17) is 4.74 Å². The van der Waals surface area contributed by atoms with Gasteiger partial charge in [-0.25, -0.2) is 0 Å². The van der Waals surface area contributed by atoms with Crippen LogP contribution >= 0.6 is 15.9 Å². The lowest BCUT2D eigenvalue weighted by molar-refractivity contribution is 0.0961. The molecule has 0 aliphatic heterocycles. The van der Waals surface area contributed by atoms with Crippen LogP contribution in [-0.4, -0.2) is 33.1 Å². The molecular formula is C16H13BrN4O2. The number of ether oxygens (including phenoxy) is 1. The summed E-state index contributed by atoms with van der Waals surface area (Å²) in [4.78, 5) is 13.5. The molecule has 0 spiro atoms. The van der Waals surface area contributed by atoms with Crippen molar-refractivity contribution >= 4 is 21.7 Å². The number of nitrogens with zero attached hydrogens (tertiary/aromatic N) is 4. The van der Waals surface area contributed by atoms with Crippen LogP contribution in [0, 0.1) is 0 Å². The van der Waals surface area contributed by atoms with Crippen molar-refractivity contribution in [2.75, 3.05) is 7.11 Å². The van der Waals surface area contributed by atoms with Crippen LogP contribution in [0.2, 0.25) is 0 Å². The Morgan fingerprint density at radius 3 is 2.61 bits per heavy atom. The molecule has 1 aromatic heterocycles. The molecule has 23 heavy (non-hydrogen) atoms. The van der Waals surface area contributed by atoms with Gasteiger partial charge in [0.25, 0.3) is 0 Å². The average Bonchev–Trinajstić information content (AvgIpc) is 3.03. The Labute approximate surface area is 141 Å². The molecule has 0 amide bonds. The van der Waals surface area contributed by atoms with Gasteiger partial charge in [-0.1, -0.05) is 28.1 Å². The van der Waals surface area contributed by atoms with E-state index >= 15 is 0 Å². The number of hydrogen-bond donors (Lipinski definition) is 0. The summed E-state index contributed by atoms with van der Waals surface area (Å²) < 4.78 is 5.95. The number of aromatic nitrogens is 4. The zero-order valence-electron chi connectivity index (χ0n) is 12.3. The van der Waals surface area contributed by atoms with Crippen LogP contribution in [-0.2, 0) is 6.54 Å². The van der Waals surface area contributed by atoms with Gasteiger partial charge in [0, 0.05) is 15.6 Å². The Balaban J connectivity index is 1.76. The lowest BCUT2D eigenvalue weighted by Crippen LogP contribution is -2.13. The molecule has 0 aliphatic rings. The van der Waals surface area contributed by atoms with Gasteiger partial charge in [0.15, 0.2) is 5.78 Å². The maximum absolute atomic E-state index is 12.2. The summed E-state index contributed by atoms with van der Waals surface area (Å²) in [6, 6.07) is 14.5. The van der Waals surface area contributed by atoms with Crippen LogP contribution in [0.1, 0.15) is 10.4 Å². The normalized spacial score (nSPS) is 10.5. The van der Waals surface area contributed by atoms with E-state index in [2.05, 4.69) is 31.3 Å². The summed E-state index contributed by atoms with van der Waals surface area (Å²) in [5, 5.41) is 12.2. The number of halogens is 1. The lowest BCUT2D eigenvalue weighted by Gasteiger charge is -2.02. The summed E-state index contributed by atoms with van der Waals surface area (Å²) >= 11 is 3.45. The van der Waals surface area contributed by atoms with Crippen molar-refractivity contribution in [3.63, 3.8) is 0 Å². The van der Waals surface area contributed by atoms with Crippen molar-refractivity contribution in [2.45, 2.75) is 6.54 Å². The predicted molar refractivity (Wildman–Crippen MR) is 88.3 cm³/mol. The Morgan fingerprint density at radius 1 is 1.17 bits per heavy atom. The third kappa shape index (κ3) is 3.45. The molecule has 116 valence electrons. The van der Waals surface area contributed by atoms with E-state index in [0.29, 0.717) is 17.1 Å². The summed E-state index contributed by atoms with van der Waals surface area (Å²) in [6.07, 6.45) is 0. The number of carbonyl (C=O) groups is 1. The SMILES string of the molecule is COc1ccc(C(=O)Cn2nnc(-c3ccccc3Br)n2)cc1. The van der Waals surface area contributed by atoms with E-state index in [-0.39, 0.29) is 12.3 Å². The molecule has 0 aliphatic carbocycles. The van der Waals surface area contributed by atoms with E-state index < -0.39 is 0 Å². The number of rotatable bonds is 5. The van der Waals surface area contributed by atoms with Gasteiger partial charge in [0.2, 0.25) is 5.82 Å². The highest BCUT2D eigenvalue weighted by Crippen LogP contribution is 2.24. The van der Waals surface area contributed by atoms with E-state index in [1.165, 1.54) is 4.80 Å². The third-order valence-corrected chi connectivity index (χ3v) is 3.96. The topological polar surface area (TPSA) is 69.9 Å². The number of methoxy groups -OCH3 is 1. The van der Waals surface area contributed by atoms with Crippen LogP contribution in [0.4, 0.5) is 0 Å². The molecule has 2 aromatic carbocycles. The highest BCUT2D eigenvalue weighted by atomic mass is 79.9. The quantitative estimate of drug-likeness (QED) is 0.643. The minimum Gasteiger partial charge on any atom is -0.497 e. The van der Waals surface area contributed by atoms with Gasteiger partial charge < -0.3 is 4.74 Å². The van der Waals surface area contributed by atoms with Crippen LogP contribution in [0.3, 0.4) is 0 Å². The molecule has 6 nitrogen and oxygen atoms in total. The smallest absolute Gasteiger partial charge is 0.206 e. The number of ketones is 1. The van der Waals surface area contributed by atoms with Gasteiger partial charge in [-0.3, -0.25) is 4.79 Å². The number of Topliss-reactive ketones (excluding diaryl/α,β-unsaturated/α-hetero) is 1. The molecule has 0 saturated carbocycles. The molecule has 0 saturated heterocycles. The van der Waals surface area contributed by atoms with Crippen molar-refractivity contribution in [3.05, 3.63) is 58.6 Å². The van der Waals surface area contributed by atoms with Crippen molar-refractivity contribution in [2.24, 2.45) is 0 Å². The second-order valence-electron chi connectivity index (χ2n) is 4.77. The predicted octanol–water partition coefficient (Wildman–Crippen LogP) is 2.99. The molecule has 0 atom stereocenters. The first kappa shape index (κ1) is 15.4. The molecule has 0 fully saturated rings. The molecule has 0 bridgehead atoms. The Bertz CT molecular complexity index is 830. The third-order valence-electron chi connectivity index (χ3n) is 3.26. The van der Waals surface area contributed by atoms with Gasteiger partial charge >= 0.3 is 0 Å².